The molecule has 0 aliphatic carbocycles. The van der Waals surface area contributed by atoms with Crippen LogP contribution in [0.25, 0.3) is 0 Å². The van der Waals surface area contributed by atoms with Crippen molar-refractivity contribution in [2.24, 2.45) is 5.16 Å². The molecule has 104 valence electrons. The van der Waals surface area contributed by atoms with Crippen molar-refractivity contribution in [1.82, 2.24) is 9.97 Å². The lowest BCUT2D eigenvalue weighted by molar-refractivity contribution is 0.215. The van der Waals surface area contributed by atoms with E-state index in [-0.39, 0.29) is 17.3 Å². The summed E-state index contributed by atoms with van der Waals surface area (Å²) in [4.78, 5) is 12.3. The van der Waals surface area contributed by atoms with Crippen LogP contribution >= 0.6 is 0 Å². The van der Waals surface area contributed by atoms with Gasteiger partial charge >= 0.3 is 0 Å². The van der Waals surface area contributed by atoms with Gasteiger partial charge in [-0.2, -0.15) is 0 Å². The summed E-state index contributed by atoms with van der Waals surface area (Å²) in [5, 5.41) is 6.26. The number of hydrogen-bond acceptors (Lipinski definition) is 6. The van der Waals surface area contributed by atoms with Crippen molar-refractivity contribution >= 4 is 23.5 Å². The maximum absolute atomic E-state index is 13.6. The van der Waals surface area contributed by atoms with E-state index in [2.05, 4.69) is 25.3 Å². The highest BCUT2D eigenvalue weighted by Crippen LogP contribution is 2.23. The molecule has 0 amide bonds. The molecule has 0 bridgehead atoms. The number of nitrogens with two attached hydrogens (primary N) is 1. The lowest BCUT2D eigenvalue weighted by atomic mass is 10.2. The van der Waals surface area contributed by atoms with Gasteiger partial charge in [0.05, 0.1) is 17.5 Å². The fourth-order valence-corrected chi connectivity index (χ4v) is 1.46. The molecule has 2 rings (SSSR count). The highest BCUT2D eigenvalue weighted by atomic mass is 19.1. The number of nitrogens with zero attached hydrogens (tertiary/aromatic N) is 3. The summed E-state index contributed by atoms with van der Waals surface area (Å²) in [6, 6.07) is 3.13. The monoisotopic (exact) mass is 279 g/mol. The maximum Gasteiger partial charge on any atom is 0.149 e. The number of nitrogens with one attached hydrogen (secondary N) is 1. The Hall–Kier alpha value is -2.77. The molecule has 0 aliphatic rings. The minimum absolute atomic E-state index is 0.0524. The standard InChI is InChI=1S/C12H11F2N5O/c1-20-18-5-8-11(15)16-6-17-12(8)19-10-3-2-7(13)4-9(10)14/h2-6H,1H3,(H3,15,16,17,19). The molecule has 20 heavy (non-hydrogen) atoms. The first-order chi connectivity index (χ1) is 9.61. The van der Waals surface area contributed by atoms with Crippen molar-refractivity contribution in [2.45, 2.75) is 0 Å². The molecule has 6 nitrogen and oxygen atoms in total. The van der Waals surface area contributed by atoms with Gasteiger partial charge in [0.15, 0.2) is 0 Å². The molecule has 0 saturated heterocycles. The minimum atomic E-state index is -0.753. The smallest absolute Gasteiger partial charge is 0.149 e. The summed E-state index contributed by atoms with van der Waals surface area (Å²) >= 11 is 0. The Balaban J connectivity index is 2.38. The molecule has 0 fully saturated rings. The van der Waals surface area contributed by atoms with E-state index < -0.39 is 11.6 Å². The van der Waals surface area contributed by atoms with Crippen molar-refractivity contribution in [1.29, 1.82) is 0 Å². The number of anilines is 3. The second kappa shape index (κ2) is 5.91. The normalized spacial score (nSPS) is 10.8. The summed E-state index contributed by atoms with van der Waals surface area (Å²) in [7, 11) is 1.36. The van der Waals surface area contributed by atoms with E-state index in [1.807, 2.05) is 0 Å². The third-order valence-electron chi connectivity index (χ3n) is 2.39. The highest BCUT2D eigenvalue weighted by molar-refractivity contribution is 5.92. The van der Waals surface area contributed by atoms with Crippen molar-refractivity contribution in [2.75, 3.05) is 18.2 Å². The number of oxime groups is 1. The minimum Gasteiger partial charge on any atom is -0.399 e. The first-order valence-corrected chi connectivity index (χ1v) is 5.51. The number of hydrogen-bond donors (Lipinski definition) is 2. The van der Waals surface area contributed by atoms with Crippen LogP contribution in [0.15, 0.2) is 29.7 Å². The fourth-order valence-electron chi connectivity index (χ4n) is 1.46. The Bertz CT molecular complexity index is 648. The average Bonchev–Trinajstić information content (AvgIpc) is 2.41. The molecule has 0 radical (unpaired) electrons. The summed E-state index contributed by atoms with van der Waals surface area (Å²) < 4.78 is 26.4. The average molecular weight is 279 g/mol. The largest absolute Gasteiger partial charge is 0.399 e. The number of rotatable bonds is 4. The van der Waals surface area contributed by atoms with Gasteiger partial charge in [0.1, 0.15) is 36.7 Å². The lowest BCUT2D eigenvalue weighted by Crippen LogP contribution is -2.06. The van der Waals surface area contributed by atoms with Crippen molar-refractivity contribution < 1.29 is 13.6 Å². The van der Waals surface area contributed by atoms with E-state index in [1.54, 1.807) is 0 Å². The van der Waals surface area contributed by atoms with E-state index in [9.17, 15) is 8.78 Å². The van der Waals surface area contributed by atoms with Crippen molar-refractivity contribution in [3.05, 3.63) is 41.7 Å². The van der Waals surface area contributed by atoms with Crippen LogP contribution in [0.4, 0.5) is 26.1 Å². The predicted octanol–water partition coefficient (Wildman–Crippen LogP) is 2.06. The van der Waals surface area contributed by atoms with Gasteiger partial charge in [-0.25, -0.2) is 18.7 Å². The molecule has 0 unspecified atom stereocenters. The van der Waals surface area contributed by atoms with Gasteiger partial charge in [0.2, 0.25) is 0 Å². The highest BCUT2D eigenvalue weighted by Gasteiger charge is 2.10. The van der Waals surface area contributed by atoms with Crippen LogP contribution in [0.3, 0.4) is 0 Å². The number of halogens is 2. The van der Waals surface area contributed by atoms with E-state index in [0.29, 0.717) is 5.56 Å². The van der Waals surface area contributed by atoms with Crippen LogP contribution in [-0.4, -0.2) is 23.3 Å². The van der Waals surface area contributed by atoms with E-state index in [0.717, 1.165) is 12.1 Å². The van der Waals surface area contributed by atoms with E-state index in [1.165, 1.54) is 25.7 Å². The van der Waals surface area contributed by atoms with Crippen molar-refractivity contribution in [3.8, 4) is 0 Å². The van der Waals surface area contributed by atoms with Crippen LogP contribution in [-0.2, 0) is 4.84 Å². The van der Waals surface area contributed by atoms with Gasteiger partial charge in [-0.05, 0) is 12.1 Å². The Labute approximate surface area is 113 Å². The van der Waals surface area contributed by atoms with Crippen molar-refractivity contribution in [3.63, 3.8) is 0 Å². The molecule has 1 aromatic carbocycles. The predicted molar refractivity (Wildman–Crippen MR) is 70.7 cm³/mol. The summed E-state index contributed by atoms with van der Waals surface area (Å²) in [6.45, 7) is 0. The SMILES string of the molecule is CON=Cc1c(N)ncnc1Nc1ccc(F)cc1F. The van der Waals surface area contributed by atoms with Gasteiger partial charge < -0.3 is 15.9 Å². The molecular weight excluding hydrogens is 268 g/mol. The van der Waals surface area contributed by atoms with E-state index in [4.69, 9.17) is 5.73 Å². The molecule has 0 aliphatic heterocycles. The fraction of sp³-hybridized carbons (Fsp3) is 0.0833. The molecule has 1 aromatic heterocycles. The van der Waals surface area contributed by atoms with Gasteiger partial charge in [-0.3, -0.25) is 0 Å². The van der Waals surface area contributed by atoms with Crippen LogP contribution in [0.2, 0.25) is 0 Å². The van der Waals surface area contributed by atoms with Gasteiger partial charge in [0.25, 0.3) is 0 Å². The topological polar surface area (TPSA) is 85.4 Å². The van der Waals surface area contributed by atoms with Crippen LogP contribution < -0.4 is 11.1 Å². The first kappa shape index (κ1) is 13.7. The summed E-state index contributed by atoms with van der Waals surface area (Å²) in [5.74, 6) is -1.05. The summed E-state index contributed by atoms with van der Waals surface area (Å²) in [6.07, 6.45) is 2.50. The third-order valence-corrected chi connectivity index (χ3v) is 2.39. The lowest BCUT2D eigenvalue weighted by Gasteiger charge is -2.10. The van der Waals surface area contributed by atoms with Gasteiger partial charge in [-0.1, -0.05) is 5.16 Å². The van der Waals surface area contributed by atoms with Gasteiger partial charge in [-0.15, -0.1) is 0 Å². The molecule has 8 heteroatoms. The molecule has 1 heterocycles. The molecule has 0 saturated carbocycles. The molecule has 2 aromatic rings. The maximum atomic E-state index is 13.6. The quantitative estimate of drug-likeness (QED) is 0.661. The Morgan fingerprint density at radius 2 is 2.15 bits per heavy atom. The van der Waals surface area contributed by atoms with E-state index >= 15 is 0 Å². The Kier molecular flexibility index (Phi) is 4.04. The van der Waals surface area contributed by atoms with Gasteiger partial charge in [0, 0.05) is 6.07 Å². The zero-order chi connectivity index (χ0) is 14.5. The molecule has 0 atom stereocenters. The van der Waals surface area contributed by atoms with Crippen LogP contribution in [0.5, 0.6) is 0 Å². The second-order valence-corrected chi connectivity index (χ2v) is 3.69. The molecular formula is C12H11F2N5O. The Morgan fingerprint density at radius 3 is 2.85 bits per heavy atom. The number of nitrogen functional groups attached to an aromatic ring is 1. The third kappa shape index (κ3) is 2.97. The van der Waals surface area contributed by atoms with Crippen LogP contribution in [0, 0.1) is 11.6 Å². The zero-order valence-electron chi connectivity index (χ0n) is 10.5. The molecule has 0 spiro atoms. The number of aromatic nitrogens is 2. The Morgan fingerprint density at radius 1 is 1.35 bits per heavy atom. The van der Waals surface area contributed by atoms with Crippen LogP contribution in [0.1, 0.15) is 5.56 Å². The second-order valence-electron chi connectivity index (χ2n) is 3.69. The summed E-state index contributed by atoms with van der Waals surface area (Å²) in [5.41, 5.74) is 6.07. The first-order valence-electron chi connectivity index (χ1n) is 5.51. The zero-order valence-corrected chi connectivity index (χ0v) is 10.5. The number of benzene rings is 1. The molecule has 3 N–H and O–H groups in total.